The van der Waals surface area contributed by atoms with Crippen LogP contribution in [-0.4, -0.2) is 37.1 Å². The molecule has 32 heavy (non-hydrogen) atoms. The lowest BCUT2D eigenvalue weighted by Gasteiger charge is -2.17. The minimum Gasteiger partial charge on any atom is -0.496 e. The van der Waals surface area contributed by atoms with Crippen molar-refractivity contribution in [1.82, 2.24) is 4.98 Å². The molecule has 1 aromatic heterocycles. The highest BCUT2D eigenvalue weighted by Crippen LogP contribution is 2.32. The van der Waals surface area contributed by atoms with Crippen molar-refractivity contribution in [2.75, 3.05) is 25.2 Å². The minimum atomic E-state index is -0.499. The van der Waals surface area contributed by atoms with Crippen molar-refractivity contribution in [3.05, 3.63) is 59.6 Å². The Morgan fingerprint density at radius 1 is 1.19 bits per heavy atom. The van der Waals surface area contributed by atoms with Gasteiger partial charge in [-0.25, -0.2) is 4.98 Å². The summed E-state index contributed by atoms with van der Waals surface area (Å²) in [4.78, 5) is 31.2. The van der Waals surface area contributed by atoms with Crippen LogP contribution in [0.1, 0.15) is 19.0 Å². The predicted octanol–water partition coefficient (Wildman–Crippen LogP) is 4.31. The number of methoxy groups -OCH3 is 1. The summed E-state index contributed by atoms with van der Waals surface area (Å²) in [5.74, 6) is 0.502. The number of amides is 1. The van der Waals surface area contributed by atoms with Gasteiger partial charge in [-0.05, 0) is 43.3 Å². The summed E-state index contributed by atoms with van der Waals surface area (Å²) in [5.41, 5.74) is 2.30. The van der Waals surface area contributed by atoms with Crippen LogP contribution in [0.4, 0.5) is 5.69 Å². The van der Waals surface area contributed by atoms with Crippen molar-refractivity contribution in [2.45, 2.75) is 20.0 Å². The van der Waals surface area contributed by atoms with Gasteiger partial charge in [-0.1, -0.05) is 12.1 Å². The average Bonchev–Trinajstić information content (AvgIpc) is 3.45. The number of carbonyl (C=O) groups is 2. The molecule has 0 N–H and O–H groups in total. The monoisotopic (exact) mass is 452 g/mol. The molecule has 4 rings (SSSR count). The normalized spacial score (nSPS) is 15.6. The van der Waals surface area contributed by atoms with Crippen molar-refractivity contribution in [3.63, 3.8) is 0 Å². The average molecular weight is 453 g/mol. The largest absolute Gasteiger partial charge is 0.496 e. The molecule has 1 fully saturated rings. The number of thiazole rings is 1. The maximum absolute atomic E-state index is 12.6. The maximum Gasteiger partial charge on any atom is 0.311 e. The Hall–Kier alpha value is -3.39. The number of ether oxygens (including phenoxy) is 3. The number of hydrogen-bond acceptors (Lipinski definition) is 7. The van der Waals surface area contributed by atoms with Crippen LogP contribution in [0.2, 0.25) is 0 Å². The Morgan fingerprint density at radius 3 is 2.72 bits per heavy atom. The van der Waals surface area contributed by atoms with Gasteiger partial charge >= 0.3 is 5.97 Å². The first-order chi connectivity index (χ1) is 15.6. The van der Waals surface area contributed by atoms with E-state index in [1.54, 1.807) is 12.0 Å². The Morgan fingerprint density at radius 2 is 1.97 bits per heavy atom. The third-order valence-corrected chi connectivity index (χ3v) is 6.09. The van der Waals surface area contributed by atoms with E-state index in [-0.39, 0.29) is 18.9 Å². The van der Waals surface area contributed by atoms with E-state index in [1.165, 1.54) is 11.3 Å². The van der Waals surface area contributed by atoms with Crippen LogP contribution < -0.4 is 14.4 Å². The molecule has 0 saturated carbocycles. The second-order valence-electron chi connectivity index (χ2n) is 7.28. The number of nitrogens with zero attached hydrogens (tertiary/aromatic N) is 2. The van der Waals surface area contributed by atoms with Gasteiger partial charge in [0.25, 0.3) is 0 Å². The number of benzene rings is 2. The lowest BCUT2D eigenvalue weighted by Crippen LogP contribution is -2.26. The fourth-order valence-electron chi connectivity index (χ4n) is 3.59. The van der Waals surface area contributed by atoms with Crippen LogP contribution in [0, 0.1) is 5.92 Å². The Kier molecular flexibility index (Phi) is 6.70. The molecular formula is C24H24N2O5S. The number of carbonyl (C=O) groups excluding carboxylic acids is 2. The highest BCUT2D eigenvalue weighted by molar-refractivity contribution is 7.13. The van der Waals surface area contributed by atoms with Crippen molar-refractivity contribution in [1.29, 1.82) is 0 Å². The van der Waals surface area contributed by atoms with E-state index < -0.39 is 11.9 Å². The quantitative estimate of drug-likeness (QED) is 0.474. The van der Waals surface area contributed by atoms with Gasteiger partial charge < -0.3 is 19.1 Å². The van der Waals surface area contributed by atoms with Crippen molar-refractivity contribution < 1.29 is 23.8 Å². The van der Waals surface area contributed by atoms with Crippen LogP contribution in [-0.2, 0) is 20.9 Å². The zero-order valence-electron chi connectivity index (χ0n) is 17.9. The second-order valence-corrected chi connectivity index (χ2v) is 8.14. The lowest BCUT2D eigenvalue weighted by molar-refractivity contribution is -0.149. The molecule has 1 amide bonds. The summed E-state index contributed by atoms with van der Waals surface area (Å²) in [7, 11) is 1.62. The fourth-order valence-corrected chi connectivity index (χ4v) is 4.42. The zero-order chi connectivity index (χ0) is 22.5. The van der Waals surface area contributed by atoms with Gasteiger partial charge in [0.15, 0.2) is 0 Å². The van der Waals surface area contributed by atoms with Crippen molar-refractivity contribution in [3.8, 4) is 22.1 Å². The Bertz CT molecular complexity index is 1100. The van der Waals surface area contributed by atoms with E-state index in [1.807, 2.05) is 60.8 Å². The molecule has 1 atom stereocenters. The van der Waals surface area contributed by atoms with Gasteiger partial charge in [-0.3, -0.25) is 9.59 Å². The molecule has 2 heterocycles. The third kappa shape index (κ3) is 4.75. The first-order valence-corrected chi connectivity index (χ1v) is 11.2. The van der Waals surface area contributed by atoms with Gasteiger partial charge in [-0.15, -0.1) is 11.3 Å². The molecule has 0 spiro atoms. The summed E-state index contributed by atoms with van der Waals surface area (Å²) in [6.07, 6.45) is 0.134. The number of hydrogen-bond donors (Lipinski definition) is 0. The van der Waals surface area contributed by atoms with Crippen LogP contribution in [0.15, 0.2) is 53.9 Å². The lowest BCUT2D eigenvalue weighted by atomic mass is 10.1. The van der Waals surface area contributed by atoms with Crippen LogP contribution >= 0.6 is 11.3 Å². The van der Waals surface area contributed by atoms with Gasteiger partial charge in [0.1, 0.15) is 23.1 Å². The number of aromatic nitrogens is 1. The molecule has 0 bridgehead atoms. The molecule has 0 radical (unpaired) electrons. The zero-order valence-corrected chi connectivity index (χ0v) is 18.8. The van der Waals surface area contributed by atoms with E-state index in [2.05, 4.69) is 4.98 Å². The van der Waals surface area contributed by atoms with Crippen LogP contribution in [0.5, 0.6) is 11.5 Å². The summed E-state index contributed by atoms with van der Waals surface area (Å²) in [6.45, 7) is 2.86. The van der Waals surface area contributed by atoms with Crippen molar-refractivity contribution >= 4 is 28.9 Å². The molecule has 1 unspecified atom stereocenters. The van der Waals surface area contributed by atoms with E-state index in [0.717, 1.165) is 27.8 Å². The molecule has 7 nitrogen and oxygen atoms in total. The van der Waals surface area contributed by atoms with Crippen LogP contribution in [0.25, 0.3) is 10.6 Å². The maximum atomic E-state index is 12.6. The SMILES string of the molecule is CCOc1ccc(N2CC(C(=O)OCc3csc(-c4ccccc4OC)n3)CC2=O)cc1. The number of esters is 1. The van der Waals surface area contributed by atoms with Gasteiger partial charge in [-0.2, -0.15) is 0 Å². The van der Waals surface area contributed by atoms with E-state index >= 15 is 0 Å². The predicted molar refractivity (Wildman–Crippen MR) is 122 cm³/mol. The van der Waals surface area contributed by atoms with Crippen molar-refractivity contribution in [2.24, 2.45) is 5.92 Å². The standard InChI is InChI=1S/C24H24N2O5S/c1-3-30-19-10-8-18(9-11-19)26-13-16(12-22(26)27)24(28)31-14-17-15-32-23(25-17)20-6-4-5-7-21(20)29-2/h4-11,15-16H,3,12-14H2,1-2H3. The van der Waals surface area contributed by atoms with E-state index in [0.29, 0.717) is 18.8 Å². The smallest absolute Gasteiger partial charge is 0.311 e. The molecule has 2 aromatic carbocycles. The highest BCUT2D eigenvalue weighted by Gasteiger charge is 2.36. The van der Waals surface area contributed by atoms with Crippen LogP contribution in [0.3, 0.4) is 0 Å². The second kappa shape index (κ2) is 9.82. The van der Waals surface area contributed by atoms with E-state index in [9.17, 15) is 9.59 Å². The fraction of sp³-hybridized carbons (Fsp3) is 0.292. The molecule has 3 aromatic rings. The molecular weight excluding hydrogens is 428 g/mol. The summed E-state index contributed by atoms with van der Waals surface area (Å²) < 4.78 is 16.3. The minimum absolute atomic E-state index is 0.0677. The Labute approximate surface area is 190 Å². The highest BCUT2D eigenvalue weighted by atomic mass is 32.1. The summed E-state index contributed by atoms with van der Waals surface area (Å²) in [6, 6.07) is 14.9. The molecule has 1 aliphatic rings. The number of para-hydroxylation sites is 1. The first kappa shape index (κ1) is 21.8. The molecule has 166 valence electrons. The molecule has 0 aliphatic carbocycles. The van der Waals surface area contributed by atoms with Gasteiger partial charge in [0.2, 0.25) is 5.91 Å². The number of anilines is 1. The molecule has 1 aliphatic heterocycles. The topological polar surface area (TPSA) is 78.0 Å². The first-order valence-electron chi connectivity index (χ1n) is 10.4. The third-order valence-electron chi connectivity index (χ3n) is 5.17. The number of rotatable bonds is 8. The molecule has 1 saturated heterocycles. The van der Waals surface area contributed by atoms with E-state index in [4.69, 9.17) is 14.2 Å². The van der Waals surface area contributed by atoms with Gasteiger partial charge in [0, 0.05) is 24.0 Å². The Balaban J connectivity index is 1.35. The molecule has 8 heteroatoms. The summed E-state index contributed by atoms with van der Waals surface area (Å²) in [5, 5.41) is 2.66. The van der Waals surface area contributed by atoms with Gasteiger partial charge in [0.05, 0.1) is 30.9 Å². The summed E-state index contributed by atoms with van der Waals surface area (Å²) >= 11 is 1.46.